The van der Waals surface area contributed by atoms with Crippen molar-refractivity contribution in [2.45, 2.75) is 64.5 Å². The van der Waals surface area contributed by atoms with Crippen molar-refractivity contribution in [3.63, 3.8) is 0 Å². The first-order chi connectivity index (χ1) is 9.42. The minimum Gasteiger partial charge on any atom is -0.341 e. The van der Waals surface area contributed by atoms with Gasteiger partial charge >= 0.3 is 0 Å². The Morgan fingerprint density at radius 1 is 1.10 bits per heavy atom. The fourth-order valence-corrected chi connectivity index (χ4v) is 5.62. The summed E-state index contributed by atoms with van der Waals surface area (Å²) in [6.45, 7) is 6.95. The summed E-state index contributed by atoms with van der Waals surface area (Å²) in [7, 11) is 2.05. The highest BCUT2D eigenvalue weighted by atomic mass is 16.2. The van der Waals surface area contributed by atoms with Crippen molar-refractivity contribution in [3.05, 3.63) is 0 Å². The van der Waals surface area contributed by atoms with Crippen molar-refractivity contribution >= 4 is 5.91 Å². The van der Waals surface area contributed by atoms with Gasteiger partial charge < -0.3 is 10.2 Å². The lowest BCUT2D eigenvalue weighted by Crippen LogP contribution is -2.61. The molecular formula is C17H30N2O. The fourth-order valence-electron chi connectivity index (χ4n) is 5.62. The number of nitrogens with one attached hydrogen (secondary N) is 1. The van der Waals surface area contributed by atoms with Gasteiger partial charge in [0.1, 0.15) is 0 Å². The van der Waals surface area contributed by atoms with E-state index in [0.29, 0.717) is 6.04 Å². The second kappa shape index (κ2) is 5.01. The van der Waals surface area contributed by atoms with E-state index in [2.05, 4.69) is 17.1 Å². The maximum absolute atomic E-state index is 12.8. The average molecular weight is 278 g/mol. The van der Waals surface area contributed by atoms with Crippen LogP contribution in [0.15, 0.2) is 0 Å². The molecule has 3 nitrogen and oxygen atoms in total. The van der Waals surface area contributed by atoms with Crippen molar-refractivity contribution in [3.8, 4) is 0 Å². The Morgan fingerprint density at radius 2 is 1.60 bits per heavy atom. The van der Waals surface area contributed by atoms with Gasteiger partial charge in [0, 0.05) is 13.1 Å². The van der Waals surface area contributed by atoms with Gasteiger partial charge in [-0.2, -0.15) is 0 Å². The topological polar surface area (TPSA) is 32.3 Å². The highest BCUT2D eigenvalue weighted by Gasteiger charge is 2.51. The smallest absolute Gasteiger partial charge is 0.242 e. The molecule has 4 saturated carbocycles. The first-order valence-electron chi connectivity index (χ1n) is 8.44. The number of likely N-dealkylation sites (N-methyl/N-ethyl adjacent to an activating group) is 2. The van der Waals surface area contributed by atoms with Crippen LogP contribution in [0.25, 0.3) is 0 Å². The monoisotopic (exact) mass is 278 g/mol. The Balaban J connectivity index is 1.74. The maximum atomic E-state index is 12.8. The maximum Gasteiger partial charge on any atom is 0.242 e. The first kappa shape index (κ1) is 14.4. The molecule has 0 aromatic rings. The molecule has 4 rings (SSSR count). The van der Waals surface area contributed by atoms with Gasteiger partial charge in [-0.3, -0.25) is 4.79 Å². The van der Waals surface area contributed by atoms with Gasteiger partial charge in [-0.1, -0.05) is 6.92 Å². The lowest BCUT2D eigenvalue weighted by Gasteiger charge is -2.57. The van der Waals surface area contributed by atoms with Crippen LogP contribution in [0.4, 0.5) is 0 Å². The molecule has 4 fully saturated rings. The van der Waals surface area contributed by atoms with Crippen molar-refractivity contribution < 1.29 is 4.79 Å². The van der Waals surface area contributed by atoms with Crippen LogP contribution in [0, 0.1) is 23.7 Å². The number of rotatable bonds is 4. The van der Waals surface area contributed by atoms with Crippen LogP contribution in [0.2, 0.25) is 0 Å². The minimum atomic E-state index is -0.432. The molecule has 0 aliphatic heterocycles. The number of amides is 1. The summed E-state index contributed by atoms with van der Waals surface area (Å²) in [4.78, 5) is 14.9. The number of carbonyl (C=O) groups excluding carboxylic acids is 1. The quantitative estimate of drug-likeness (QED) is 0.857. The van der Waals surface area contributed by atoms with Gasteiger partial charge in [0.05, 0.1) is 5.54 Å². The molecule has 0 aromatic carbocycles. The Kier molecular flexibility index (Phi) is 3.60. The molecule has 0 radical (unpaired) electrons. The third-order valence-electron chi connectivity index (χ3n) is 6.10. The van der Waals surface area contributed by atoms with Crippen LogP contribution in [-0.2, 0) is 4.79 Å². The van der Waals surface area contributed by atoms with Crippen LogP contribution >= 0.6 is 0 Å². The zero-order valence-electron chi connectivity index (χ0n) is 13.5. The summed E-state index contributed by atoms with van der Waals surface area (Å²) < 4.78 is 0. The molecule has 1 N–H and O–H groups in total. The van der Waals surface area contributed by atoms with E-state index in [1.807, 2.05) is 20.9 Å². The molecule has 0 aromatic heterocycles. The highest BCUT2D eigenvalue weighted by molar-refractivity contribution is 5.85. The molecule has 0 spiro atoms. The first-order valence-corrected chi connectivity index (χ1v) is 8.44. The van der Waals surface area contributed by atoms with Crippen LogP contribution in [-0.4, -0.2) is 36.0 Å². The normalized spacial score (nSPS) is 39.1. The van der Waals surface area contributed by atoms with Crippen molar-refractivity contribution in [2.24, 2.45) is 23.7 Å². The van der Waals surface area contributed by atoms with E-state index in [4.69, 9.17) is 0 Å². The summed E-state index contributed by atoms with van der Waals surface area (Å²) in [5, 5.41) is 3.33. The predicted octanol–water partition coefficient (Wildman–Crippen LogP) is 2.66. The third kappa shape index (κ3) is 2.28. The van der Waals surface area contributed by atoms with Crippen LogP contribution in [0.3, 0.4) is 0 Å². The van der Waals surface area contributed by atoms with Crippen molar-refractivity contribution in [1.29, 1.82) is 0 Å². The van der Waals surface area contributed by atoms with E-state index >= 15 is 0 Å². The molecule has 114 valence electrons. The molecule has 20 heavy (non-hydrogen) atoms. The predicted molar refractivity (Wildman–Crippen MR) is 81.4 cm³/mol. The van der Waals surface area contributed by atoms with E-state index < -0.39 is 5.54 Å². The molecule has 3 heteroatoms. The number of carbonyl (C=O) groups is 1. The largest absolute Gasteiger partial charge is 0.341 e. The van der Waals surface area contributed by atoms with E-state index in [-0.39, 0.29) is 5.91 Å². The summed E-state index contributed by atoms with van der Waals surface area (Å²) >= 11 is 0. The minimum absolute atomic E-state index is 0.275. The zero-order valence-corrected chi connectivity index (χ0v) is 13.5. The second-order valence-electron chi connectivity index (χ2n) is 7.99. The van der Waals surface area contributed by atoms with Crippen LogP contribution < -0.4 is 5.32 Å². The van der Waals surface area contributed by atoms with Crippen molar-refractivity contribution in [2.75, 3.05) is 13.6 Å². The molecule has 0 saturated heterocycles. The second-order valence-corrected chi connectivity index (χ2v) is 7.99. The standard InChI is InChI=1S/C17H30N2O/c1-5-18-17(2,3)16(20)19(4)15-13-7-11-6-12(9-13)10-14(15)8-11/h11-15,18H,5-10H2,1-4H3. The number of hydrogen-bond donors (Lipinski definition) is 1. The van der Waals surface area contributed by atoms with Gasteiger partial charge in [0.25, 0.3) is 0 Å². The molecule has 0 heterocycles. The number of nitrogens with zero attached hydrogens (tertiary/aromatic N) is 1. The highest BCUT2D eigenvalue weighted by Crippen LogP contribution is 2.55. The lowest BCUT2D eigenvalue weighted by atomic mass is 9.54. The molecule has 4 aliphatic rings. The Hall–Kier alpha value is -0.570. The lowest BCUT2D eigenvalue weighted by molar-refractivity contribution is -0.146. The van der Waals surface area contributed by atoms with Gasteiger partial charge in [-0.25, -0.2) is 0 Å². The Morgan fingerprint density at radius 3 is 2.05 bits per heavy atom. The molecular weight excluding hydrogens is 248 g/mol. The summed E-state index contributed by atoms with van der Waals surface area (Å²) in [6.07, 6.45) is 6.96. The van der Waals surface area contributed by atoms with E-state index in [1.165, 1.54) is 32.1 Å². The van der Waals surface area contributed by atoms with Gasteiger partial charge in [-0.05, 0) is 76.2 Å². The Labute approximate surface area is 123 Å². The SMILES string of the molecule is CCNC(C)(C)C(=O)N(C)C1C2CC3CC(C2)CC1C3. The van der Waals surface area contributed by atoms with Gasteiger partial charge in [0.15, 0.2) is 0 Å². The van der Waals surface area contributed by atoms with Crippen LogP contribution in [0.5, 0.6) is 0 Å². The Bertz CT molecular complexity index is 362. The summed E-state index contributed by atoms with van der Waals surface area (Å²) in [5.41, 5.74) is -0.432. The molecule has 0 atom stereocenters. The molecule has 4 bridgehead atoms. The van der Waals surface area contributed by atoms with Crippen LogP contribution in [0.1, 0.15) is 52.9 Å². The molecule has 0 unspecified atom stereocenters. The van der Waals surface area contributed by atoms with Crippen molar-refractivity contribution in [1.82, 2.24) is 10.2 Å². The summed E-state index contributed by atoms with van der Waals surface area (Å²) in [6, 6.07) is 0.508. The molecule has 4 aliphatic carbocycles. The average Bonchev–Trinajstić information content (AvgIpc) is 2.36. The fraction of sp³-hybridized carbons (Fsp3) is 0.941. The summed E-state index contributed by atoms with van der Waals surface area (Å²) in [5.74, 6) is 3.77. The number of hydrogen-bond acceptors (Lipinski definition) is 2. The zero-order chi connectivity index (χ0) is 14.5. The van der Waals surface area contributed by atoms with Gasteiger partial charge in [0.2, 0.25) is 5.91 Å². The van der Waals surface area contributed by atoms with E-state index in [1.54, 1.807) is 0 Å². The third-order valence-corrected chi connectivity index (χ3v) is 6.10. The van der Waals surface area contributed by atoms with E-state index in [9.17, 15) is 4.79 Å². The molecule has 1 amide bonds. The van der Waals surface area contributed by atoms with E-state index in [0.717, 1.165) is 30.2 Å². The van der Waals surface area contributed by atoms with Gasteiger partial charge in [-0.15, -0.1) is 0 Å².